The van der Waals surface area contributed by atoms with Gasteiger partial charge in [0.1, 0.15) is 55.4 Å². The van der Waals surface area contributed by atoms with Crippen LogP contribution in [0.1, 0.15) is 258 Å². The number of rotatable bonds is 52. The van der Waals surface area contributed by atoms with Gasteiger partial charge in [-0.25, -0.2) is 0 Å². The van der Waals surface area contributed by atoms with Gasteiger partial charge < -0.3 is 64.2 Å². The fourth-order valence-electron chi connectivity index (χ4n) is 10.2. The molecule has 0 aromatic carbocycles. The van der Waals surface area contributed by atoms with Crippen LogP contribution in [0.4, 0.5) is 0 Å². The van der Waals surface area contributed by atoms with Gasteiger partial charge in [0, 0.05) is 12.8 Å². The van der Waals surface area contributed by atoms with Crippen molar-refractivity contribution in [2.45, 2.75) is 325 Å². The molecule has 15 heteroatoms. The maximum Gasteiger partial charge on any atom is 0.306 e. The summed E-state index contributed by atoms with van der Waals surface area (Å²) < 4.78 is 33.8. The highest BCUT2D eigenvalue weighted by molar-refractivity contribution is 5.70. The zero-order chi connectivity index (χ0) is 58.1. The predicted molar refractivity (Wildman–Crippen MR) is 317 cm³/mol. The van der Waals surface area contributed by atoms with Crippen LogP contribution in [0.2, 0.25) is 0 Å². The summed E-state index contributed by atoms with van der Waals surface area (Å²) in [7, 11) is 0. The predicted octanol–water partition coefficient (Wildman–Crippen LogP) is 12.2. The van der Waals surface area contributed by atoms with E-state index in [9.17, 15) is 45.3 Å². The van der Waals surface area contributed by atoms with Crippen molar-refractivity contribution in [3.05, 3.63) is 48.6 Å². The molecule has 11 unspecified atom stereocenters. The summed E-state index contributed by atoms with van der Waals surface area (Å²) in [6.45, 7) is 2.53. The smallest absolute Gasteiger partial charge is 0.306 e. The molecule has 2 saturated heterocycles. The van der Waals surface area contributed by atoms with Crippen LogP contribution in [0.25, 0.3) is 0 Å². The monoisotopic (exact) mass is 1140 g/mol. The number of carbonyl (C=O) groups is 2. The van der Waals surface area contributed by atoms with Crippen LogP contribution in [0.5, 0.6) is 0 Å². The molecule has 2 aliphatic rings. The van der Waals surface area contributed by atoms with E-state index in [2.05, 4.69) is 62.5 Å². The van der Waals surface area contributed by atoms with Crippen molar-refractivity contribution in [1.29, 1.82) is 0 Å². The van der Waals surface area contributed by atoms with E-state index in [1.807, 2.05) is 0 Å². The average Bonchev–Trinajstić information content (AvgIpc) is 3.52. The highest BCUT2D eigenvalue weighted by atomic mass is 16.7. The second kappa shape index (κ2) is 50.9. The van der Waals surface area contributed by atoms with Crippen LogP contribution < -0.4 is 0 Å². The molecule has 0 radical (unpaired) electrons. The van der Waals surface area contributed by atoms with Crippen molar-refractivity contribution >= 4 is 11.9 Å². The summed E-state index contributed by atoms with van der Waals surface area (Å²) in [5.74, 6) is -0.917. The number of aliphatic hydroxyl groups excluding tert-OH is 7. The highest BCUT2D eigenvalue weighted by Crippen LogP contribution is 2.27. The van der Waals surface area contributed by atoms with E-state index in [4.69, 9.17) is 28.4 Å². The molecule has 2 rings (SSSR count). The fraction of sp³-hybridized carbons (Fsp3) is 0.846. The zero-order valence-corrected chi connectivity index (χ0v) is 50.1. The van der Waals surface area contributed by atoms with Gasteiger partial charge in [0.2, 0.25) is 0 Å². The van der Waals surface area contributed by atoms with E-state index in [0.717, 1.165) is 77.0 Å². The number of carbonyl (C=O) groups excluding carboxylic acids is 2. The Labute approximate surface area is 484 Å². The van der Waals surface area contributed by atoms with E-state index in [-0.39, 0.29) is 26.1 Å². The fourth-order valence-corrected chi connectivity index (χ4v) is 10.2. The second-order valence-corrected chi connectivity index (χ2v) is 22.6. The first-order valence-corrected chi connectivity index (χ1v) is 32.2. The van der Waals surface area contributed by atoms with Crippen molar-refractivity contribution in [3.8, 4) is 0 Å². The van der Waals surface area contributed by atoms with Gasteiger partial charge in [-0.15, -0.1) is 0 Å². The first kappa shape index (κ1) is 73.6. The zero-order valence-electron chi connectivity index (χ0n) is 50.1. The van der Waals surface area contributed by atoms with E-state index in [0.29, 0.717) is 12.8 Å². The van der Waals surface area contributed by atoms with E-state index >= 15 is 0 Å². The molecular weight excluding hydrogens is 1020 g/mol. The van der Waals surface area contributed by atoms with Crippen LogP contribution in [0.3, 0.4) is 0 Å². The van der Waals surface area contributed by atoms with E-state index in [1.54, 1.807) is 0 Å². The van der Waals surface area contributed by atoms with Crippen molar-refractivity contribution in [2.75, 3.05) is 26.4 Å². The summed E-state index contributed by atoms with van der Waals surface area (Å²) in [6.07, 6.45) is 44.1. The standard InChI is InChI=1S/C65H116O15/c1-3-5-7-9-11-13-15-17-19-21-23-25-26-28-30-32-34-36-38-40-42-44-46-48-57(68)78-53(51-76-64-63(74)61(72)59(70)55(80-64)52-77-65-62(73)60(71)58(69)54(49-66)79-65)50-75-56(67)47-45-43-41-39-37-35-33-31-29-27-24-22-20-18-16-14-12-10-8-6-4-2/h5,7,11,13,17,19,23,25,53-55,58-66,69-74H,3-4,6,8-10,12,14-16,18,20-22,24,26-52H2,1-2H3/b7-5-,13-11-,19-17-,25-23-. The molecule has 466 valence electrons. The van der Waals surface area contributed by atoms with Crippen molar-refractivity contribution in [2.24, 2.45) is 0 Å². The first-order chi connectivity index (χ1) is 39.0. The SMILES string of the molecule is CC/C=C\C/C=C\C/C=C\C/C=C\CCCCCCCCCCCCC(=O)OC(COC(=O)CCCCCCCCCCCCCCCCCCCCCCC)COC1OC(COC2OC(CO)C(O)C(O)C2O)C(O)C(O)C1O. The lowest BCUT2D eigenvalue weighted by molar-refractivity contribution is -0.332. The molecule has 80 heavy (non-hydrogen) atoms. The summed E-state index contributed by atoms with van der Waals surface area (Å²) in [4.78, 5) is 26.0. The van der Waals surface area contributed by atoms with Gasteiger partial charge in [-0.05, 0) is 51.4 Å². The molecule has 2 heterocycles. The highest BCUT2D eigenvalue weighted by Gasteiger charge is 2.47. The normalized spacial score (nSPS) is 24.0. The van der Waals surface area contributed by atoms with Crippen LogP contribution in [-0.2, 0) is 38.0 Å². The molecule has 15 nitrogen and oxygen atoms in total. The summed E-state index contributed by atoms with van der Waals surface area (Å²) in [5.41, 5.74) is 0. The van der Waals surface area contributed by atoms with Crippen LogP contribution in [0.15, 0.2) is 48.6 Å². The molecule has 0 amide bonds. The van der Waals surface area contributed by atoms with Gasteiger partial charge in [0.05, 0.1) is 19.8 Å². The summed E-state index contributed by atoms with van der Waals surface area (Å²) >= 11 is 0. The number of allylic oxidation sites excluding steroid dienone is 8. The van der Waals surface area contributed by atoms with Crippen molar-refractivity contribution < 1.29 is 73.8 Å². The van der Waals surface area contributed by atoms with E-state index < -0.39 is 92.7 Å². The van der Waals surface area contributed by atoms with Crippen molar-refractivity contribution in [3.63, 3.8) is 0 Å². The molecule has 2 fully saturated rings. The summed E-state index contributed by atoms with van der Waals surface area (Å²) in [5, 5.41) is 72.5. The van der Waals surface area contributed by atoms with Gasteiger partial charge >= 0.3 is 11.9 Å². The average molecular weight is 1140 g/mol. The minimum Gasteiger partial charge on any atom is -0.462 e. The van der Waals surface area contributed by atoms with Crippen LogP contribution in [0, 0.1) is 0 Å². The van der Waals surface area contributed by atoms with Gasteiger partial charge in [-0.1, -0.05) is 242 Å². The topological polar surface area (TPSA) is 231 Å². The quantitative estimate of drug-likeness (QED) is 0.0171. The number of ether oxygens (including phenoxy) is 6. The van der Waals surface area contributed by atoms with Crippen molar-refractivity contribution in [1.82, 2.24) is 0 Å². The van der Waals surface area contributed by atoms with E-state index in [1.165, 1.54) is 141 Å². The molecule has 0 aliphatic carbocycles. The molecule has 0 aromatic rings. The van der Waals surface area contributed by atoms with Crippen LogP contribution >= 0.6 is 0 Å². The molecule has 0 spiro atoms. The number of unbranched alkanes of at least 4 members (excludes halogenated alkanes) is 30. The van der Waals surface area contributed by atoms with Gasteiger partial charge in [0.15, 0.2) is 18.7 Å². The minimum absolute atomic E-state index is 0.161. The maximum absolute atomic E-state index is 13.1. The molecule has 2 aliphatic heterocycles. The largest absolute Gasteiger partial charge is 0.462 e. The lowest BCUT2D eigenvalue weighted by Gasteiger charge is -2.42. The lowest BCUT2D eigenvalue weighted by Crippen LogP contribution is -2.61. The van der Waals surface area contributed by atoms with Gasteiger partial charge in [0.25, 0.3) is 0 Å². The Bertz CT molecular complexity index is 1570. The third-order valence-corrected chi connectivity index (χ3v) is 15.3. The Morgan fingerprint density at radius 1 is 0.412 bits per heavy atom. The molecule has 11 atom stereocenters. The second-order valence-electron chi connectivity index (χ2n) is 22.6. The Morgan fingerprint density at radius 2 is 0.787 bits per heavy atom. The number of hydrogen-bond acceptors (Lipinski definition) is 15. The Morgan fingerprint density at radius 3 is 1.24 bits per heavy atom. The minimum atomic E-state index is -1.77. The van der Waals surface area contributed by atoms with Crippen LogP contribution in [-0.4, -0.2) is 142 Å². The molecule has 0 aromatic heterocycles. The van der Waals surface area contributed by atoms with Gasteiger partial charge in [-0.3, -0.25) is 9.59 Å². The Hall–Kier alpha value is -2.54. The molecule has 7 N–H and O–H groups in total. The molecule has 0 saturated carbocycles. The molecular formula is C65H116O15. The number of esters is 2. The number of aliphatic hydroxyl groups is 7. The third kappa shape index (κ3) is 36.9. The Kier molecular flexibility index (Phi) is 46.8. The first-order valence-electron chi connectivity index (χ1n) is 32.2. The maximum atomic E-state index is 13.1. The summed E-state index contributed by atoms with van der Waals surface area (Å²) in [6, 6.07) is 0. The van der Waals surface area contributed by atoms with Gasteiger partial charge in [-0.2, -0.15) is 0 Å². The molecule has 0 bridgehead atoms. The lowest BCUT2D eigenvalue weighted by atomic mass is 9.98. The Balaban J connectivity index is 1.70. The number of hydrogen-bond donors (Lipinski definition) is 7. The third-order valence-electron chi connectivity index (χ3n) is 15.3.